The predicted molar refractivity (Wildman–Crippen MR) is 94.2 cm³/mol. The first kappa shape index (κ1) is 19.3. The zero-order valence-corrected chi connectivity index (χ0v) is 15.8. The van der Waals surface area contributed by atoms with E-state index in [0.717, 1.165) is 41.9 Å². The molecule has 6 amide bonds. The molecule has 27 heavy (non-hydrogen) atoms. The largest absolute Gasteiger partial charge is 0.352 e. The third-order valence-electron chi connectivity index (χ3n) is 5.52. The molecule has 2 aliphatic carbocycles. The van der Waals surface area contributed by atoms with Gasteiger partial charge in [-0.1, -0.05) is 19.8 Å². The van der Waals surface area contributed by atoms with Crippen LogP contribution in [0.2, 0.25) is 0 Å². The minimum Gasteiger partial charge on any atom is -0.352 e. The Labute approximate surface area is 158 Å². The number of likely N-dealkylation sites (N-methyl/N-ethyl adjacent to an activating group) is 1. The predicted octanol–water partition coefficient (Wildman–Crippen LogP) is 0.0929. The average Bonchev–Trinajstić information content (AvgIpc) is 3.40. The van der Waals surface area contributed by atoms with Gasteiger partial charge in [0.25, 0.3) is 0 Å². The molecule has 1 heterocycles. The lowest BCUT2D eigenvalue weighted by Gasteiger charge is -2.34. The molecule has 0 aromatic rings. The maximum absolute atomic E-state index is 12.7. The van der Waals surface area contributed by atoms with Crippen LogP contribution < -0.4 is 5.32 Å². The lowest BCUT2D eigenvalue weighted by Crippen LogP contribution is -2.48. The maximum Gasteiger partial charge on any atom is 0.334 e. The average molecular weight is 378 g/mol. The minimum absolute atomic E-state index is 0.129. The van der Waals surface area contributed by atoms with Gasteiger partial charge in [0.15, 0.2) is 0 Å². The number of carbonyl (C=O) groups excluding carboxylic acids is 5. The highest BCUT2D eigenvalue weighted by molar-refractivity contribution is 6.45. The maximum atomic E-state index is 12.7. The van der Waals surface area contributed by atoms with Crippen LogP contribution in [0.25, 0.3) is 0 Å². The first-order valence-electron chi connectivity index (χ1n) is 9.52. The Balaban J connectivity index is 1.61. The van der Waals surface area contributed by atoms with Gasteiger partial charge in [-0.25, -0.2) is 9.69 Å². The topological polar surface area (TPSA) is 107 Å². The summed E-state index contributed by atoms with van der Waals surface area (Å²) in [6.07, 6.45) is 5.40. The van der Waals surface area contributed by atoms with Crippen molar-refractivity contribution in [3.05, 3.63) is 0 Å². The van der Waals surface area contributed by atoms with Crippen molar-refractivity contribution in [1.82, 2.24) is 20.0 Å². The van der Waals surface area contributed by atoms with Crippen LogP contribution in [0.4, 0.5) is 4.79 Å². The summed E-state index contributed by atoms with van der Waals surface area (Å²) in [6, 6.07) is -0.843. The molecule has 2 atom stereocenters. The molecule has 148 valence electrons. The van der Waals surface area contributed by atoms with Crippen LogP contribution in [0.3, 0.4) is 0 Å². The summed E-state index contributed by atoms with van der Waals surface area (Å²) >= 11 is 0. The standard InChI is InChI=1S/C18H26N4O5/c1-11-5-3-4-6-13(11)22-17(26)16(25)21(18(22)27)10-15(24)20(2)9-14(23)19-12-7-8-12/h11-13H,3-10H2,1-2H3,(H,19,23)/t11-,13+/m1/s1. The van der Waals surface area contributed by atoms with Crippen molar-refractivity contribution in [2.45, 2.75) is 57.5 Å². The number of amides is 6. The monoisotopic (exact) mass is 378 g/mol. The summed E-state index contributed by atoms with van der Waals surface area (Å²) in [5.41, 5.74) is 0. The van der Waals surface area contributed by atoms with E-state index in [4.69, 9.17) is 0 Å². The van der Waals surface area contributed by atoms with E-state index in [1.54, 1.807) is 0 Å². The van der Waals surface area contributed by atoms with E-state index in [9.17, 15) is 24.0 Å². The van der Waals surface area contributed by atoms with E-state index in [-0.39, 0.29) is 30.5 Å². The lowest BCUT2D eigenvalue weighted by atomic mass is 9.85. The van der Waals surface area contributed by atoms with E-state index >= 15 is 0 Å². The Kier molecular flexibility index (Phi) is 5.48. The molecule has 9 heteroatoms. The van der Waals surface area contributed by atoms with Gasteiger partial charge in [-0.3, -0.25) is 24.1 Å². The van der Waals surface area contributed by atoms with Crippen molar-refractivity contribution in [3.8, 4) is 0 Å². The molecule has 1 N–H and O–H groups in total. The molecule has 0 aromatic carbocycles. The summed E-state index contributed by atoms with van der Waals surface area (Å²) in [5, 5.41) is 2.77. The lowest BCUT2D eigenvalue weighted by molar-refractivity contribution is -0.146. The highest BCUT2D eigenvalue weighted by Gasteiger charge is 2.49. The van der Waals surface area contributed by atoms with E-state index in [2.05, 4.69) is 5.32 Å². The normalized spacial score (nSPS) is 25.8. The first-order valence-corrected chi connectivity index (χ1v) is 9.52. The number of nitrogens with zero attached hydrogens (tertiary/aromatic N) is 3. The fraction of sp³-hybridized carbons (Fsp3) is 0.722. The van der Waals surface area contributed by atoms with Crippen molar-refractivity contribution in [3.63, 3.8) is 0 Å². The molecule has 9 nitrogen and oxygen atoms in total. The third-order valence-corrected chi connectivity index (χ3v) is 5.52. The molecule has 0 spiro atoms. The molecule has 0 unspecified atom stereocenters. The van der Waals surface area contributed by atoms with Crippen LogP contribution in [-0.4, -0.2) is 76.6 Å². The highest BCUT2D eigenvalue weighted by Crippen LogP contribution is 2.31. The van der Waals surface area contributed by atoms with Gasteiger partial charge in [-0.2, -0.15) is 0 Å². The summed E-state index contributed by atoms with van der Waals surface area (Å²) in [7, 11) is 1.43. The van der Waals surface area contributed by atoms with Gasteiger partial charge in [0, 0.05) is 19.1 Å². The third kappa shape index (κ3) is 4.12. The zero-order chi connectivity index (χ0) is 19.7. The molecule has 3 aliphatic rings. The summed E-state index contributed by atoms with van der Waals surface area (Å²) < 4.78 is 0. The van der Waals surface area contributed by atoms with Gasteiger partial charge < -0.3 is 10.2 Å². The van der Waals surface area contributed by atoms with Crippen molar-refractivity contribution in [2.75, 3.05) is 20.1 Å². The quantitative estimate of drug-likeness (QED) is 0.521. The summed E-state index contributed by atoms with van der Waals surface area (Å²) in [5.74, 6) is -2.54. The van der Waals surface area contributed by atoms with E-state index in [1.807, 2.05) is 6.92 Å². The number of rotatable bonds is 6. The Bertz CT molecular complexity index is 675. The van der Waals surface area contributed by atoms with Crippen LogP contribution in [0.5, 0.6) is 0 Å². The van der Waals surface area contributed by atoms with E-state index in [0.29, 0.717) is 11.3 Å². The van der Waals surface area contributed by atoms with Gasteiger partial charge in [0.05, 0.1) is 6.54 Å². The SMILES string of the molecule is C[C@@H]1CCCC[C@@H]1N1C(=O)C(=O)N(CC(=O)N(C)CC(=O)NC2CC2)C1=O. The molecule has 3 rings (SSSR count). The molecule has 0 aromatic heterocycles. The number of hydrogen-bond acceptors (Lipinski definition) is 5. The number of carbonyl (C=O) groups is 5. The van der Waals surface area contributed by atoms with Crippen LogP contribution in [0, 0.1) is 5.92 Å². The number of hydrogen-bond donors (Lipinski definition) is 1. The molecule has 3 fully saturated rings. The number of nitrogens with one attached hydrogen (secondary N) is 1. The zero-order valence-electron chi connectivity index (χ0n) is 15.8. The second-order valence-corrected chi connectivity index (χ2v) is 7.77. The molecular weight excluding hydrogens is 352 g/mol. The van der Waals surface area contributed by atoms with Crippen molar-refractivity contribution in [1.29, 1.82) is 0 Å². The Morgan fingerprint density at radius 1 is 1.07 bits per heavy atom. The van der Waals surface area contributed by atoms with Gasteiger partial charge in [0.2, 0.25) is 11.8 Å². The van der Waals surface area contributed by atoms with Crippen LogP contribution in [0.15, 0.2) is 0 Å². The molecular formula is C18H26N4O5. The fourth-order valence-electron chi connectivity index (χ4n) is 3.69. The van der Waals surface area contributed by atoms with Crippen LogP contribution in [0.1, 0.15) is 45.4 Å². The van der Waals surface area contributed by atoms with Crippen molar-refractivity contribution >= 4 is 29.7 Å². The Morgan fingerprint density at radius 2 is 1.74 bits per heavy atom. The number of imide groups is 2. The van der Waals surface area contributed by atoms with Gasteiger partial charge in [0.1, 0.15) is 6.54 Å². The summed E-state index contributed by atoms with van der Waals surface area (Å²) in [6.45, 7) is 1.28. The second-order valence-electron chi connectivity index (χ2n) is 7.77. The molecule has 0 bridgehead atoms. The van der Waals surface area contributed by atoms with Crippen LogP contribution >= 0.6 is 0 Å². The Morgan fingerprint density at radius 3 is 2.37 bits per heavy atom. The van der Waals surface area contributed by atoms with E-state index < -0.39 is 30.3 Å². The van der Waals surface area contributed by atoms with E-state index in [1.165, 1.54) is 7.05 Å². The smallest absolute Gasteiger partial charge is 0.334 e. The van der Waals surface area contributed by atoms with Crippen molar-refractivity contribution < 1.29 is 24.0 Å². The van der Waals surface area contributed by atoms with Gasteiger partial charge in [-0.05, 0) is 31.6 Å². The first-order chi connectivity index (χ1) is 12.8. The second kappa shape index (κ2) is 7.66. The molecule has 1 saturated heterocycles. The van der Waals surface area contributed by atoms with Gasteiger partial charge >= 0.3 is 17.8 Å². The number of urea groups is 1. The minimum atomic E-state index is -0.970. The van der Waals surface area contributed by atoms with Gasteiger partial charge in [-0.15, -0.1) is 0 Å². The molecule has 2 saturated carbocycles. The summed E-state index contributed by atoms with van der Waals surface area (Å²) in [4.78, 5) is 64.3. The van der Waals surface area contributed by atoms with Crippen molar-refractivity contribution in [2.24, 2.45) is 5.92 Å². The highest BCUT2D eigenvalue weighted by atomic mass is 16.2. The fourth-order valence-corrected chi connectivity index (χ4v) is 3.69. The molecule has 1 aliphatic heterocycles. The van der Waals surface area contributed by atoms with Crippen LogP contribution in [-0.2, 0) is 19.2 Å². The molecule has 0 radical (unpaired) electrons. The Hall–Kier alpha value is -2.45.